The highest BCUT2D eigenvalue weighted by Gasteiger charge is 2.72. The molecule has 31 heavy (non-hydrogen) atoms. The lowest BCUT2D eigenvalue weighted by Crippen LogP contribution is -2.74. The van der Waals surface area contributed by atoms with Crippen molar-refractivity contribution in [2.24, 2.45) is 5.92 Å². The van der Waals surface area contributed by atoms with Crippen molar-refractivity contribution in [3.8, 4) is 5.75 Å². The fourth-order valence-corrected chi connectivity index (χ4v) is 7.72. The molecule has 158 valence electrons. The molecule has 3 aromatic rings. The van der Waals surface area contributed by atoms with Crippen molar-refractivity contribution in [2.45, 2.75) is 62.2 Å². The minimum absolute atomic E-state index is 0.130. The first-order valence-corrected chi connectivity index (χ1v) is 12.0. The first-order chi connectivity index (χ1) is 15.1. The zero-order chi connectivity index (χ0) is 20.5. The zero-order valence-electron chi connectivity index (χ0n) is 17.9. The number of aliphatic hydroxyl groups is 1. The Hall–Kier alpha value is -2.30. The highest BCUT2D eigenvalue weighted by molar-refractivity contribution is 5.86. The number of para-hydroxylation sites is 1. The summed E-state index contributed by atoms with van der Waals surface area (Å²) in [6.07, 6.45) is 5.19. The van der Waals surface area contributed by atoms with Crippen molar-refractivity contribution in [1.82, 2.24) is 9.88 Å². The molecule has 8 rings (SSSR count). The van der Waals surface area contributed by atoms with Gasteiger partial charge >= 0.3 is 0 Å². The van der Waals surface area contributed by atoms with Crippen LogP contribution in [-0.4, -0.2) is 39.7 Å². The van der Waals surface area contributed by atoms with E-state index in [-0.39, 0.29) is 17.6 Å². The molecular weight excluding hydrogens is 384 g/mol. The van der Waals surface area contributed by atoms with Crippen LogP contribution < -0.4 is 4.74 Å². The first kappa shape index (κ1) is 17.3. The number of benzene rings is 2. The van der Waals surface area contributed by atoms with E-state index in [2.05, 4.69) is 53.2 Å². The van der Waals surface area contributed by atoms with Crippen LogP contribution in [0.25, 0.3) is 10.9 Å². The molecule has 2 aliphatic heterocycles. The van der Waals surface area contributed by atoms with E-state index in [1.165, 1.54) is 46.2 Å². The number of nitrogens with one attached hydrogen (secondary N) is 1. The minimum Gasteiger partial charge on any atom is -0.483 e. The summed E-state index contributed by atoms with van der Waals surface area (Å²) in [7, 11) is 0. The molecule has 2 aromatic carbocycles. The van der Waals surface area contributed by atoms with Crippen molar-refractivity contribution in [3.05, 3.63) is 64.3 Å². The van der Waals surface area contributed by atoms with Gasteiger partial charge in [0.05, 0.1) is 16.7 Å². The lowest BCUT2D eigenvalue weighted by molar-refractivity contribution is -0.173. The predicted molar refractivity (Wildman–Crippen MR) is 120 cm³/mol. The molecule has 2 fully saturated rings. The van der Waals surface area contributed by atoms with Crippen LogP contribution in [0.5, 0.6) is 5.75 Å². The standard InChI is InChI=1S/C27H28N2O2/c1-15-6-9-17-12-21-27(30)13-19-18-4-2-3-5-20(18)28-23(19)25-26(27,22(17)24(15)31-25)10-11-29(21)14-16-7-8-16/h2-6,9,16,21,25,28,30H,7-8,10-14H2,1H3/t21?,25-,26-,27+/m0/s1. The van der Waals surface area contributed by atoms with E-state index in [1.807, 2.05) is 0 Å². The average Bonchev–Trinajstić information content (AvgIpc) is 3.40. The van der Waals surface area contributed by atoms with Crippen LogP contribution in [0.1, 0.15) is 53.3 Å². The number of piperidine rings is 1. The number of H-pyrrole nitrogens is 1. The van der Waals surface area contributed by atoms with Gasteiger partial charge in [-0.25, -0.2) is 0 Å². The van der Waals surface area contributed by atoms with Crippen LogP contribution in [0.2, 0.25) is 0 Å². The van der Waals surface area contributed by atoms with Gasteiger partial charge in [0, 0.05) is 35.5 Å². The van der Waals surface area contributed by atoms with Crippen molar-refractivity contribution < 1.29 is 9.84 Å². The monoisotopic (exact) mass is 412 g/mol. The number of nitrogens with zero attached hydrogens (tertiary/aromatic N) is 1. The van der Waals surface area contributed by atoms with Crippen molar-refractivity contribution in [3.63, 3.8) is 0 Å². The third-order valence-electron chi connectivity index (χ3n) is 9.29. The van der Waals surface area contributed by atoms with Gasteiger partial charge in [0.25, 0.3) is 0 Å². The second-order valence-electron chi connectivity index (χ2n) is 10.8. The van der Waals surface area contributed by atoms with Crippen LogP contribution in [0.15, 0.2) is 36.4 Å². The summed E-state index contributed by atoms with van der Waals surface area (Å²) in [5.74, 6) is 1.87. The molecule has 0 radical (unpaired) electrons. The molecule has 2 bridgehead atoms. The molecular formula is C27H28N2O2. The van der Waals surface area contributed by atoms with Gasteiger partial charge in [-0.2, -0.15) is 0 Å². The number of fused-ring (bicyclic) bond motifs is 4. The van der Waals surface area contributed by atoms with E-state index in [4.69, 9.17) is 4.74 Å². The van der Waals surface area contributed by atoms with Gasteiger partial charge in [-0.15, -0.1) is 0 Å². The minimum atomic E-state index is -0.797. The van der Waals surface area contributed by atoms with E-state index in [9.17, 15) is 5.11 Å². The van der Waals surface area contributed by atoms with Gasteiger partial charge in [-0.1, -0.05) is 30.3 Å². The normalized spacial score (nSPS) is 35.0. The highest BCUT2D eigenvalue weighted by Crippen LogP contribution is 2.68. The van der Waals surface area contributed by atoms with Crippen LogP contribution >= 0.6 is 0 Å². The SMILES string of the molecule is Cc1ccc2c3c1O[C@H]1c4[nH]c5ccccc5c4C[C@@]4(O)C(C2)N(CC2CC2)CC[C@]314. The summed E-state index contributed by atoms with van der Waals surface area (Å²) < 4.78 is 6.85. The number of hydrogen-bond donors (Lipinski definition) is 2. The van der Waals surface area contributed by atoms with E-state index >= 15 is 0 Å². The lowest BCUT2D eigenvalue weighted by atomic mass is 9.49. The third-order valence-corrected chi connectivity index (χ3v) is 9.29. The van der Waals surface area contributed by atoms with E-state index in [1.54, 1.807) is 0 Å². The van der Waals surface area contributed by atoms with Gasteiger partial charge in [0.15, 0.2) is 6.10 Å². The van der Waals surface area contributed by atoms with Gasteiger partial charge < -0.3 is 14.8 Å². The summed E-state index contributed by atoms with van der Waals surface area (Å²) in [5.41, 5.74) is 6.41. The molecule has 5 aliphatic rings. The van der Waals surface area contributed by atoms with Gasteiger partial charge in [-0.05, 0) is 67.8 Å². The Morgan fingerprint density at radius 3 is 2.94 bits per heavy atom. The first-order valence-electron chi connectivity index (χ1n) is 12.0. The van der Waals surface area contributed by atoms with Crippen LogP contribution in [0.4, 0.5) is 0 Å². The number of rotatable bonds is 2. The van der Waals surface area contributed by atoms with Gasteiger partial charge in [-0.3, -0.25) is 4.90 Å². The Bertz CT molecular complexity index is 1270. The maximum atomic E-state index is 12.8. The Morgan fingerprint density at radius 1 is 1.19 bits per heavy atom. The quantitative estimate of drug-likeness (QED) is 0.664. The van der Waals surface area contributed by atoms with Crippen LogP contribution in [-0.2, 0) is 18.3 Å². The largest absolute Gasteiger partial charge is 0.483 e. The van der Waals surface area contributed by atoms with E-state index < -0.39 is 5.60 Å². The molecule has 1 aromatic heterocycles. The smallest absolute Gasteiger partial charge is 0.151 e. The van der Waals surface area contributed by atoms with Crippen LogP contribution in [0.3, 0.4) is 0 Å². The Balaban J connectivity index is 1.43. The molecule has 0 amide bonds. The van der Waals surface area contributed by atoms with Gasteiger partial charge in [0.1, 0.15) is 5.75 Å². The molecule has 1 unspecified atom stereocenters. The van der Waals surface area contributed by atoms with Crippen molar-refractivity contribution in [1.29, 1.82) is 0 Å². The van der Waals surface area contributed by atoms with E-state index in [0.29, 0.717) is 6.42 Å². The fraction of sp³-hybridized carbons (Fsp3) is 0.481. The molecule has 1 spiro atoms. The van der Waals surface area contributed by atoms with Crippen LogP contribution in [0, 0.1) is 12.8 Å². The molecule has 2 N–H and O–H groups in total. The Morgan fingerprint density at radius 2 is 2.06 bits per heavy atom. The maximum Gasteiger partial charge on any atom is 0.151 e. The Labute approximate surface area is 182 Å². The molecule has 1 saturated carbocycles. The maximum absolute atomic E-state index is 12.8. The van der Waals surface area contributed by atoms with Crippen molar-refractivity contribution >= 4 is 10.9 Å². The second-order valence-corrected chi connectivity index (χ2v) is 10.8. The lowest BCUT2D eigenvalue weighted by Gasteiger charge is -2.62. The van der Waals surface area contributed by atoms with Gasteiger partial charge in [0.2, 0.25) is 0 Å². The average molecular weight is 413 g/mol. The number of likely N-dealkylation sites (tertiary alicyclic amines) is 1. The summed E-state index contributed by atoms with van der Waals surface area (Å²) in [6.45, 7) is 4.36. The highest BCUT2D eigenvalue weighted by atomic mass is 16.5. The topological polar surface area (TPSA) is 48.5 Å². The number of aromatic nitrogens is 1. The molecule has 4 heteroatoms. The number of ether oxygens (including phenoxy) is 1. The molecule has 1 saturated heterocycles. The third kappa shape index (κ3) is 1.88. The predicted octanol–water partition coefficient (Wildman–Crippen LogP) is 4.18. The molecule has 3 heterocycles. The number of aromatic amines is 1. The number of aryl methyl sites for hydroxylation is 1. The molecule has 3 aliphatic carbocycles. The summed E-state index contributed by atoms with van der Waals surface area (Å²) >= 11 is 0. The summed E-state index contributed by atoms with van der Waals surface area (Å²) in [6, 6.07) is 13.3. The summed E-state index contributed by atoms with van der Waals surface area (Å²) in [4.78, 5) is 6.36. The number of hydrogen-bond acceptors (Lipinski definition) is 3. The molecule has 4 atom stereocenters. The van der Waals surface area contributed by atoms with E-state index in [0.717, 1.165) is 43.1 Å². The zero-order valence-corrected chi connectivity index (χ0v) is 17.9. The molecule has 4 nitrogen and oxygen atoms in total. The Kier molecular flexibility index (Phi) is 2.99. The summed E-state index contributed by atoms with van der Waals surface area (Å²) in [5, 5.41) is 14.0. The van der Waals surface area contributed by atoms with Crippen molar-refractivity contribution in [2.75, 3.05) is 13.1 Å². The fourth-order valence-electron chi connectivity index (χ4n) is 7.72. The second kappa shape index (κ2) is 5.36.